The van der Waals surface area contributed by atoms with Gasteiger partial charge in [0, 0.05) is 0 Å². The summed E-state index contributed by atoms with van der Waals surface area (Å²) >= 11 is 0. The first kappa shape index (κ1) is 12.0. The zero-order chi connectivity index (χ0) is 12.6. The highest BCUT2D eigenvalue weighted by Gasteiger charge is 2.37. The molecule has 2 unspecified atom stereocenters. The van der Waals surface area contributed by atoms with Gasteiger partial charge in [0.05, 0.1) is 12.8 Å². The van der Waals surface area contributed by atoms with E-state index in [2.05, 4.69) is 4.98 Å². The molecule has 8 heteroatoms. The Balaban J connectivity index is 2.31. The van der Waals surface area contributed by atoms with E-state index in [9.17, 15) is 9.18 Å². The number of ether oxygens (including phenoxy) is 1. The van der Waals surface area contributed by atoms with Gasteiger partial charge in [0.1, 0.15) is 12.0 Å². The van der Waals surface area contributed by atoms with Crippen LogP contribution in [0.25, 0.3) is 0 Å². The largest absolute Gasteiger partial charge is 0.392 e. The van der Waals surface area contributed by atoms with Crippen LogP contribution in [0.2, 0.25) is 0 Å². The van der Waals surface area contributed by atoms with E-state index >= 15 is 0 Å². The molecule has 0 amide bonds. The quantitative estimate of drug-likeness (QED) is 0.609. The average Bonchev–Trinajstić information content (AvgIpc) is 2.67. The molecule has 1 saturated heterocycles. The molecule has 0 radical (unpaired) electrons. The summed E-state index contributed by atoms with van der Waals surface area (Å²) in [6.45, 7) is -0.372. The maximum absolute atomic E-state index is 13.2. The Morgan fingerprint density at radius 3 is 3.06 bits per heavy atom. The van der Waals surface area contributed by atoms with E-state index in [1.807, 2.05) is 0 Å². The molecular formula is C9H13FN4O3. The number of halogens is 1. The van der Waals surface area contributed by atoms with E-state index in [1.165, 1.54) is 0 Å². The van der Waals surface area contributed by atoms with Crippen LogP contribution < -0.4 is 17.2 Å². The van der Waals surface area contributed by atoms with E-state index in [0.717, 1.165) is 10.8 Å². The molecule has 2 atom stereocenters. The molecule has 1 aliphatic rings. The third-order valence-electron chi connectivity index (χ3n) is 2.70. The second kappa shape index (κ2) is 4.06. The fourth-order valence-corrected chi connectivity index (χ4v) is 1.73. The first-order valence-electron chi connectivity index (χ1n) is 5.07. The Hall–Kier alpha value is -1.51. The van der Waals surface area contributed by atoms with E-state index in [-0.39, 0.29) is 6.61 Å². The van der Waals surface area contributed by atoms with Gasteiger partial charge in [-0.2, -0.15) is 4.98 Å². The molecule has 2 rings (SSSR count). The summed E-state index contributed by atoms with van der Waals surface area (Å²) in [7, 11) is 0. The molecule has 1 aromatic rings. The fraction of sp³-hybridized carbons (Fsp3) is 0.556. The summed E-state index contributed by atoms with van der Waals surface area (Å²) in [6, 6.07) is 0. The smallest absolute Gasteiger partial charge is 0.351 e. The van der Waals surface area contributed by atoms with Crippen molar-refractivity contribution in [2.45, 2.75) is 24.8 Å². The number of aliphatic hydroxyl groups excluding tert-OH is 1. The standard InChI is InChI=1S/C9H13FN4O3/c10-5-3-14(8(16)13-7(5)11)6-1-2-9(12,4-15)17-6/h3,6,15H,1-2,4,12H2,(H2,11,13,16). The van der Waals surface area contributed by atoms with Gasteiger partial charge in [0.15, 0.2) is 11.6 Å². The second-order valence-corrected chi connectivity index (χ2v) is 4.00. The summed E-state index contributed by atoms with van der Waals surface area (Å²) in [5.74, 6) is -1.25. The second-order valence-electron chi connectivity index (χ2n) is 4.00. The average molecular weight is 244 g/mol. The highest BCUT2D eigenvalue weighted by atomic mass is 19.1. The van der Waals surface area contributed by atoms with Crippen LogP contribution in [0.4, 0.5) is 10.2 Å². The van der Waals surface area contributed by atoms with Gasteiger partial charge in [0.25, 0.3) is 0 Å². The van der Waals surface area contributed by atoms with Crippen LogP contribution in [0.3, 0.4) is 0 Å². The van der Waals surface area contributed by atoms with Gasteiger partial charge < -0.3 is 21.3 Å². The summed E-state index contributed by atoms with van der Waals surface area (Å²) < 4.78 is 19.5. The van der Waals surface area contributed by atoms with Crippen LogP contribution in [0.15, 0.2) is 11.0 Å². The topological polar surface area (TPSA) is 116 Å². The molecule has 5 N–H and O–H groups in total. The normalized spacial score (nSPS) is 28.5. The zero-order valence-electron chi connectivity index (χ0n) is 8.97. The van der Waals surface area contributed by atoms with Crippen LogP contribution in [-0.4, -0.2) is 27.0 Å². The Kier molecular flexibility index (Phi) is 2.86. The molecule has 1 aromatic heterocycles. The van der Waals surface area contributed by atoms with Gasteiger partial charge in [-0.3, -0.25) is 4.57 Å². The zero-order valence-corrected chi connectivity index (χ0v) is 8.97. The lowest BCUT2D eigenvalue weighted by atomic mass is 10.1. The van der Waals surface area contributed by atoms with Crippen molar-refractivity contribution in [1.82, 2.24) is 9.55 Å². The van der Waals surface area contributed by atoms with Crippen molar-refractivity contribution in [2.24, 2.45) is 5.73 Å². The van der Waals surface area contributed by atoms with E-state index in [0.29, 0.717) is 12.8 Å². The van der Waals surface area contributed by atoms with Crippen LogP contribution in [0.5, 0.6) is 0 Å². The van der Waals surface area contributed by atoms with Gasteiger partial charge >= 0.3 is 5.69 Å². The van der Waals surface area contributed by atoms with E-state index in [4.69, 9.17) is 21.3 Å². The third-order valence-corrected chi connectivity index (χ3v) is 2.70. The highest BCUT2D eigenvalue weighted by Crippen LogP contribution is 2.31. The molecule has 7 nitrogen and oxygen atoms in total. The molecule has 0 aromatic carbocycles. The summed E-state index contributed by atoms with van der Waals surface area (Å²) in [5.41, 5.74) is 8.94. The predicted octanol–water partition coefficient (Wildman–Crippen LogP) is -1.08. The van der Waals surface area contributed by atoms with Gasteiger partial charge in [0.2, 0.25) is 0 Å². The van der Waals surface area contributed by atoms with Crippen molar-refractivity contribution in [3.05, 3.63) is 22.5 Å². The van der Waals surface area contributed by atoms with E-state index in [1.54, 1.807) is 0 Å². The summed E-state index contributed by atoms with van der Waals surface area (Å²) in [6.07, 6.45) is 0.954. The number of nitrogen functional groups attached to an aromatic ring is 1. The van der Waals surface area contributed by atoms with Crippen LogP contribution in [-0.2, 0) is 4.74 Å². The van der Waals surface area contributed by atoms with Crippen LogP contribution in [0, 0.1) is 5.82 Å². The fourth-order valence-electron chi connectivity index (χ4n) is 1.73. The molecule has 17 heavy (non-hydrogen) atoms. The first-order valence-corrected chi connectivity index (χ1v) is 5.07. The molecule has 94 valence electrons. The Labute approximate surface area is 95.8 Å². The van der Waals surface area contributed by atoms with Gasteiger partial charge in [-0.15, -0.1) is 0 Å². The number of hydrogen-bond acceptors (Lipinski definition) is 6. The van der Waals surface area contributed by atoms with E-state index < -0.39 is 29.3 Å². The molecule has 0 bridgehead atoms. The van der Waals surface area contributed by atoms with Crippen molar-refractivity contribution >= 4 is 5.82 Å². The predicted molar refractivity (Wildman–Crippen MR) is 56.2 cm³/mol. The minimum atomic E-state index is -1.19. The van der Waals surface area contributed by atoms with Gasteiger partial charge in [-0.25, -0.2) is 9.18 Å². The number of nitrogens with zero attached hydrogens (tertiary/aromatic N) is 2. The van der Waals surface area contributed by atoms with Gasteiger partial charge in [-0.05, 0) is 12.8 Å². The molecule has 1 aliphatic heterocycles. The SMILES string of the molecule is Nc1nc(=O)n(C2CCC(N)(CO)O2)cc1F. The molecular weight excluding hydrogens is 231 g/mol. The summed E-state index contributed by atoms with van der Waals surface area (Å²) in [4.78, 5) is 14.8. The summed E-state index contributed by atoms with van der Waals surface area (Å²) in [5, 5.41) is 9.01. The lowest BCUT2D eigenvalue weighted by Gasteiger charge is -2.22. The van der Waals surface area contributed by atoms with Gasteiger partial charge in [-0.1, -0.05) is 0 Å². The Morgan fingerprint density at radius 2 is 2.47 bits per heavy atom. The Morgan fingerprint density at radius 1 is 1.76 bits per heavy atom. The maximum Gasteiger partial charge on any atom is 0.351 e. The third kappa shape index (κ3) is 2.14. The van der Waals surface area contributed by atoms with Crippen molar-refractivity contribution < 1.29 is 14.2 Å². The molecule has 0 saturated carbocycles. The molecule has 2 heterocycles. The van der Waals surface area contributed by atoms with Crippen molar-refractivity contribution in [3.63, 3.8) is 0 Å². The van der Waals surface area contributed by atoms with Crippen molar-refractivity contribution in [3.8, 4) is 0 Å². The van der Waals surface area contributed by atoms with Crippen LogP contribution in [0.1, 0.15) is 19.1 Å². The number of rotatable bonds is 2. The number of aliphatic hydroxyl groups is 1. The monoisotopic (exact) mass is 244 g/mol. The molecule has 0 spiro atoms. The number of hydrogen-bond donors (Lipinski definition) is 3. The van der Waals surface area contributed by atoms with Crippen LogP contribution >= 0.6 is 0 Å². The first-order chi connectivity index (χ1) is 7.95. The highest BCUT2D eigenvalue weighted by molar-refractivity contribution is 5.26. The lowest BCUT2D eigenvalue weighted by Crippen LogP contribution is -2.43. The number of nitrogens with two attached hydrogens (primary N) is 2. The lowest BCUT2D eigenvalue weighted by molar-refractivity contribution is -0.0958. The minimum Gasteiger partial charge on any atom is -0.392 e. The van der Waals surface area contributed by atoms with Crippen molar-refractivity contribution in [2.75, 3.05) is 12.3 Å². The molecule has 0 aliphatic carbocycles. The van der Waals surface area contributed by atoms with Crippen molar-refractivity contribution in [1.29, 1.82) is 0 Å². The minimum absolute atomic E-state index is 0.368. The number of aromatic nitrogens is 2. The number of anilines is 1. The maximum atomic E-state index is 13.2. The molecule has 1 fully saturated rings. The Bertz CT molecular complexity index is 492.